The van der Waals surface area contributed by atoms with Gasteiger partial charge in [0, 0.05) is 6.04 Å². The Morgan fingerprint density at radius 2 is 1.76 bits per heavy atom. The van der Waals surface area contributed by atoms with E-state index in [1.165, 1.54) is 0 Å². The van der Waals surface area contributed by atoms with E-state index in [-0.39, 0.29) is 18.4 Å². The molecule has 0 spiro atoms. The molecule has 0 heterocycles. The lowest BCUT2D eigenvalue weighted by Crippen LogP contribution is -2.13. The number of nitrogens with two attached hydrogens (primary N) is 1. The minimum absolute atomic E-state index is 0. The van der Waals surface area contributed by atoms with Crippen molar-refractivity contribution >= 4 is 12.4 Å². The first kappa shape index (κ1) is 15.8. The van der Waals surface area contributed by atoms with Crippen molar-refractivity contribution in [2.75, 3.05) is 14.2 Å². The van der Waals surface area contributed by atoms with E-state index in [4.69, 9.17) is 15.2 Å². The van der Waals surface area contributed by atoms with E-state index in [9.17, 15) is 0 Å². The van der Waals surface area contributed by atoms with Gasteiger partial charge in [0.05, 0.1) is 19.8 Å². The van der Waals surface area contributed by atoms with Crippen molar-refractivity contribution in [3.8, 4) is 11.5 Å². The highest BCUT2D eigenvalue weighted by Crippen LogP contribution is 2.35. The van der Waals surface area contributed by atoms with Crippen molar-refractivity contribution in [2.24, 2.45) is 5.73 Å². The summed E-state index contributed by atoms with van der Waals surface area (Å²) in [5, 5.41) is 0. The summed E-state index contributed by atoms with van der Waals surface area (Å²) in [6.45, 7) is 5.83. The summed E-state index contributed by atoms with van der Waals surface area (Å²) in [6, 6.07) is 5.50. The molecule has 1 aromatic rings. The Morgan fingerprint density at radius 1 is 1.29 bits per heavy atom. The quantitative estimate of drug-likeness (QED) is 0.825. The molecule has 0 aliphatic carbocycles. The maximum atomic E-state index is 6.13. The Kier molecular flexibility index (Phi) is 6.69. The molecule has 1 atom stereocenters. The zero-order chi connectivity index (χ0) is 12.1. The second-order valence-electron chi connectivity index (χ2n) is 3.84. The first-order valence-electron chi connectivity index (χ1n) is 5.21. The molecule has 2 N–H and O–H groups in total. The highest BCUT2D eigenvalue weighted by Gasteiger charge is 2.17. The summed E-state index contributed by atoms with van der Waals surface area (Å²) in [4.78, 5) is 0. The molecular formula is C13H20ClNO2. The Labute approximate surface area is 109 Å². The Bertz CT molecular complexity index is 357. The van der Waals surface area contributed by atoms with Gasteiger partial charge in [-0.3, -0.25) is 0 Å². The molecule has 4 heteroatoms. The van der Waals surface area contributed by atoms with Gasteiger partial charge in [0.25, 0.3) is 0 Å². The van der Waals surface area contributed by atoms with Crippen LogP contribution in [0.3, 0.4) is 0 Å². The van der Waals surface area contributed by atoms with Crippen LogP contribution in [0.2, 0.25) is 0 Å². The number of hydrogen-bond acceptors (Lipinski definition) is 3. The zero-order valence-corrected chi connectivity index (χ0v) is 11.3. The molecule has 0 radical (unpaired) electrons. The summed E-state index contributed by atoms with van der Waals surface area (Å²) in [5.41, 5.74) is 8.07. The number of halogens is 1. The summed E-state index contributed by atoms with van der Waals surface area (Å²) in [7, 11) is 3.26. The van der Waals surface area contributed by atoms with Crippen LogP contribution >= 0.6 is 12.4 Å². The van der Waals surface area contributed by atoms with Gasteiger partial charge >= 0.3 is 0 Å². The van der Waals surface area contributed by atoms with Crippen LogP contribution in [0.1, 0.15) is 24.9 Å². The molecule has 1 aromatic carbocycles. The molecule has 0 saturated carbocycles. The Hall–Kier alpha value is -1.19. The van der Waals surface area contributed by atoms with Crippen LogP contribution in [0, 0.1) is 0 Å². The van der Waals surface area contributed by atoms with Crippen LogP contribution in [-0.4, -0.2) is 14.2 Å². The van der Waals surface area contributed by atoms with Gasteiger partial charge in [-0.25, -0.2) is 0 Å². The smallest absolute Gasteiger partial charge is 0.127 e. The lowest BCUT2D eigenvalue weighted by Gasteiger charge is -2.18. The lowest BCUT2D eigenvalue weighted by molar-refractivity contribution is 0.379. The number of methoxy groups -OCH3 is 2. The van der Waals surface area contributed by atoms with Crippen molar-refractivity contribution in [3.63, 3.8) is 0 Å². The van der Waals surface area contributed by atoms with Crippen molar-refractivity contribution in [1.82, 2.24) is 0 Å². The molecule has 0 aromatic heterocycles. The van der Waals surface area contributed by atoms with Crippen molar-refractivity contribution in [1.29, 1.82) is 0 Å². The van der Waals surface area contributed by atoms with Gasteiger partial charge in [-0.05, 0) is 25.5 Å². The highest BCUT2D eigenvalue weighted by molar-refractivity contribution is 5.85. The molecule has 0 saturated heterocycles. The molecule has 0 amide bonds. The molecule has 1 rings (SSSR count). The van der Waals surface area contributed by atoms with Gasteiger partial charge in [0.15, 0.2) is 0 Å². The van der Waals surface area contributed by atoms with Gasteiger partial charge in [-0.15, -0.1) is 19.0 Å². The third-order valence-corrected chi connectivity index (χ3v) is 2.41. The molecule has 0 aliphatic heterocycles. The molecule has 17 heavy (non-hydrogen) atoms. The van der Waals surface area contributed by atoms with E-state index in [2.05, 4.69) is 6.58 Å². The highest BCUT2D eigenvalue weighted by atomic mass is 35.5. The average Bonchev–Trinajstić information content (AvgIpc) is 2.26. The first-order chi connectivity index (χ1) is 7.60. The largest absolute Gasteiger partial charge is 0.496 e. The van der Waals surface area contributed by atoms with Crippen LogP contribution in [0.15, 0.2) is 30.4 Å². The minimum atomic E-state index is -0.149. The Morgan fingerprint density at radius 3 is 2.12 bits per heavy atom. The number of rotatable bonds is 5. The summed E-state index contributed by atoms with van der Waals surface area (Å²) >= 11 is 0. The zero-order valence-electron chi connectivity index (χ0n) is 10.5. The summed E-state index contributed by atoms with van der Waals surface area (Å²) in [6.07, 6.45) is 0.719. The van der Waals surface area contributed by atoms with E-state index in [1.807, 2.05) is 25.1 Å². The maximum Gasteiger partial charge on any atom is 0.127 e. The fourth-order valence-corrected chi connectivity index (χ4v) is 1.72. The molecular weight excluding hydrogens is 238 g/mol. The molecule has 3 nitrogen and oxygen atoms in total. The predicted molar refractivity (Wildman–Crippen MR) is 73.2 cm³/mol. The topological polar surface area (TPSA) is 44.5 Å². The minimum Gasteiger partial charge on any atom is -0.496 e. The normalized spacial score (nSPS) is 11.3. The second kappa shape index (κ2) is 7.20. The van der Waals surface area contributed by atoms with E-state index in [0.29, 0.717) is 0 Å². The molecule has 0 aliphatic rings. The first-order valence-corrected chi connectivity index (χ1v) is 5.21. The van der Waals surface area contributed by atoms with E-state index in [1.54, 1.807) is 14.2 Å². The number of hydrogen-bond donors (Lipinski definition) is 1. The molecule has 0 fully saturated rings. The van der Waals surface area contributed by atoms with Gasteiger partial charge in [0.1, 0.15) is 11.5 Å². The van der Waals surface area contributed by atoms with Gasteiger partial charge in [-0.1, -0.05) is 11.6 Å². The fraction of sp³-hybridized carbons (Fsp3) is 0.385. The number of benzene rings is 1. The third kappa shape index (κ3) is 3.95. The van der Waals surface area contributed by atoms with Crippen molar-refractivity contribution in [3.05, 3.63) is 35.9 Å². The molecule has 96 valence electrons. The lowest BCUT2D eigenvalue weighted by atomic mass is 9.99. The summed E-state index contributed by atoms with van der Waals surface area (Å²) < 4.78 is 10.6. The van der Waals surface area contributed by atoms with E-state index in [0.717, 1.165) is 29.1 Å². The van der Waals surface area contributed by atoms with Crippen LogP contribution in [0.25, 0.3) is 0 Å². The fourth-order valence-electron chi connectivity index (χ4n) is 1.72. The van der Waals surface area contributed by atoms with Crippen LogP contribution in [0.4, 0.5) is 0 Å². The third-order valence-electron chi connectivity index (χ3n) is 2.41. The maximum absolute atomic E-state index is 6.13. The van der Waals surface area contributed by atoms with E-state index >= 15 is 0 Å². The second-order valence-corrected chi connectivity index (χ2v) is 3.84. The van der Waals surface area contributed by atoms with Crippen molar-refractivity contribution < 1.29 is 9.47 Å². The van der Waals surface area contributed by atoms with Crippen LogP contribution in [-0.2, 0) is 0 Å². The van der Waals surface area contributed by atoms with Crippen molar-refractivity contribution in [2.45, 2.75) is 19.4 Å². The van der Waals surface area contributed by atoms with Gasteiger partial charge in [0.2, 0.25) is 0 Å². The standard InChI is InChI=1S/C13H19NO2.ClH/c1-9(2)8-10(14)13-11(15-3)6-5-7-12(13)16-4;/h5-7,10H,1,8,14H2,2-4H3;1H/t10-;/m1./s1. The SMILES string of the molecule is C=C(C)C[C@@H](N)c1c(OC)cccc1OC.Cl. The molecule has 0 unspecified atom stereocenters. The predicted octanol–water partition coefficient (Wildman–Crippen LogP) is 3.09. The average molecular weight is 258 g/mol. The Balaban J connectivity index is 0.00000256. The van der Waals surface area contributed by atoms with Crippen LogP contribution < -0.4 is 15.2 Å². The van der Waals surface area contributed by atoms with Gasteiger partial charge in [-0.2, -0.15) is 0 Å². The van der Waals surface area contributed by atoms with E-state index < -0.39 is 0 Å². The summed E-state index contributed by atoms with van der Waals surface area (Å²) in [5.74, 6) is 1.52. The molecule has 0 bridgehead atoms. The van der Waals surface area contributed by atoms with Gasteiger partial charge < -0.3 is 15.2 Å². The van der Waals surface area contributed by atoms with Crippen LogP contribution in [0.5, 0.6) is 11.5 Å². The number of ether oxygens (including phenoxy) is 2. The monoisotopic (exact) mass is 257 g/mol.